The summed E-state index contributed by atoms with van der Waals surface area (Å²) in [5, 5.41) is 0. The second kappa shape index (κ2) is 8.89. The number of hydrogen-bond donors (Lipinski definition) is 0. The van der Waals surface area contributed by atoms with Crippen LogP contribution in [0.5, 0.6) is 0 Å². The van der Waals surface area contributed by atoms with Crippen LogP contribution in [0.3, 0.4) is 0 Å². The van der Waals surface area contributed by atoms with E-state index in [1.165, 1.54) is 39.0 Å². The lowest BCUT2D eigenvalue weighted by molar-refractivity contribution is 0.811. The highest BCUT2D eigenvalue weighted by Crippen LogP contribution is 2.36. The molecule has 0 radical (unpaired) electrons. The molecule has 3 rings (SSSR count). The van der Waals surface area contributed by atoms with Gasteiger partial charge in [0.15, 0.2) is 0 Å². The Morgan fingerprint density at radius 1 is 0.964 bits per heavy atom. The van der Waals surface area contributed by atoms with Crippen molar-refractivity contribution in [1.82, 2.24) is 0 Å². The summed E-state index contributed by atoms with van der Waals surface area (Å²) < 4.78 is 0. The van der Waals surface area contributed by atoms with E-state index in [-0.39, 0.29) is 0 Å². The van der Waals surface area contributed by atoms with Gasteiger partial charge in [0.1, 0.15) is 0 Å². The first-order chi connectivity index (χ1) is 13.5. The molecule has 1 aliphatic carbocycles. The third-order valence-corrected chi connectivity index (χ3v) is 5.58. The molecule has 0 bridgehead atoms. The van der Waals surface area contributed by atoms with E-state index in [1.807, 2.05) is 19.1 Å². The highest BCUT2D eigenvalue weighted by atomic mass is 14.2. The van der Waals surface area contributed by atoms with Crippen LogP contribution in [-0.4, -0.2) is 0 Å². The van der Waals surface area contributed by atoms with E-state index in [0.717, 1.165) is 12.0 Å². The Morgan fingerprint density at radius 2 is 1.71 bits per heavy atom. The average molecular weight is 367 g/mol. The van der Waals surface area contributed by atoms with E-state index in [2.05, 4.69) is 94.1 Å². The second-order valence-electron chi connectivity index (χ2n) is 7.63. The zero-order chi connectivity index (χ0) is 20.1. The molecular weight excluding hydrogens is 336 g/mol. The molecule has 28 heavy (non-hydrogen) atoms. The van der Waals surface area contributed by atoms with Gasteiger partial charge in [0.05, 0.1) is 0 Å². The van der Waals surface area contributed by atoms with E-state index < -0.39 is 0 Å². The summed E-state index contributed by atoms with van der Waals surface area (Å²) in [6, 6.07) is 15.5. The maximum atomic E-state index is 4.30. The summed E-state index contributed by atoms with van der Waals surface area (Å²) in [6.07, 6.45) is 13.9. The van der Waals surface area contributed by atoms with Gasteiger partial charge in [0, 0.05) is 5.92 Å². The van der Waals surface area contributed by atoms with Crippen molar-refractivity contribution in [1.29, 1.82) is 0 Å². The molecule has 0 heterocycles. The summed E-state index contributed by atoms with van der Waals surface area (Å²) in [7, 11) is 0. The molecule has 0 saturated heterocycles. The number of aryl methyl sites for hydroxylation is 2. The van der Waals surface area contributed by atoms with Gasteiger partial charge in [-0.15, -0.1) is 0 Å². The average Bonchev–Trinajstić information content (AvgIpc) is 2.69. The van der Waals surface area contributed by atoms with Gasteiger partial charge in [-0.05, 0) is 78.7 Å². The fourth-order valence-corrected chi connectivity index (χ4v) is 3.90. The fourth-order valence-electron chi connectivity index (χ4n) is 3.90. The van der Waals surface area contributed by atoms with Crippen LogP contribution < -0.4 is 0 Å². The quantitative estimate of drug-likeness (QED) is 0.470. The van der Waals surface area contributed by atoms with Crippen molar-refractivity contribution in [3.63, 3.8) is 0 Å². The molecule has 0 aromatic heterocycles. The third-order valence-electron chi connectivity index (χ3n) is 5.58. The first-order valence-corrected chi connectivity index (χ1v) is 10.0. The molecular formula is C28H30. The number of rotatable bonds is 5. The van der Waals surface area contributed by atoms with Crippen LogP contribution in [0.2, 0.25) is 0 Å². The van der Waals surface area contributed by atoms with Crippen LogP contribution in [0.15, 0.2) is 102 Å². The van der Waals surface area contributed by atoms with Gasteiger partial charge in [0.2, 0.25) is 0 Å². The van der Waals surface area contributed by atoms with Crippen LogP contribution in [-0.2, 0) is 0 Å². The zero-order valence-electron chi connectivity index (χ0n) is 17.5. The molecule has 2 aromatic rings. The van der Waals surface area contributed by atoms with E-state index in [1.54, 1.807) is 0 Å². The fraction of sp³-hybridized carbons (Fsp3) is 0.214. The normalized spacial score (nSPS) is 17.1. The molecule has 0 saturated carbocycles. The van der Waals surface area contributed by atoms with Gasteiger partial charge in [-0.2, -0.15) is 0 Å². The zero-order valence-corrected chi connectivity index (χ0v) is 17.5. The Balaban J connectivity index is 1.85. The first-order valence-electron chi connectivity index (χ1n) is 10.0. The molecule has 0 fully saturated rings. The van der Waals surface area contributed by atoms with Gasteiger partial charge < -0.3 is 0 Å². The lowest BCUT2D eigenvalue weighted by Crippen LogP contribution is -2.05. The summed E-state index contributed by atoms with van der Waals surface area (Å²) in [5.74, 6) is 0.398. The Bertz CT molecular complexity index is 992. The van der Waals surface area contributed by atoms with E-state index in [9.17, 15) is 0 Å². The Kier molecular flexibility index (Phi) is 6.31. The minimum Gasteiger partial charge on any atom is -0.0915 e. The van der Waals surface area contributed by atoms with Crippen LogP contribution in [0, 0.1) is 13.8 Å². The third kappa shape index (κ3) is 4.34. The Labute approximate surface area is 170 Å². The molecule has 1 unspecified atom stereocenters. The van der Waals surface area contributed by atoms with Crippen molar-refractivity contribution < 1.29 is 0 Å². The SMILES string of the molecule is C=C(/C=C\C=C/C)C1=C(C)C=CC(c2ccc(-c3ccccc3C)c(C)c2)C1. The van der Waals surface area contributed by atoms with Crippen molar-refractivity contribution in [2.75, 3.05) is 0 Å². The van der Waals surface area contributed by atoms with Gasteiger partial charge in [-0.1, -0.05) is 85.5 Å². The topological polar surface area (TPSA) is 0 Å². The minimum atomic E-state index is 0.398. The largest absolute Gasteiger partial charge is 0.0915 e. The van der Waals surface area contributed by atoms with E-state index in [0.29, 0.717) is 5.92 Å². The molecule has 0 nitrogen and oxygen atoms in total. The molecule has 0 N–H and O–H groups in total. The maximum absolute atomic E-state index is 4.30. The molecule has 1 atom stereocenters. The lowest BCUT2D eigenvalue weighted by atomic mass is 9.81. The summed E-state index contributed by atoms with van der Waals surface area (Å²) in [6.45, 7) is 12.9. The Morgan fingerprint density at radius 3 is 2.43 bits per heavy atom. The molecule has 0 aliphatic heterocycles. The summed E-state index contributed by atoms with van der Waals surface area (Å²) in [5.41, 5.74) is 10.5. The highest BCUT2D eigenvalue weighted by Gasteiger charge is 2.18. The second-order valence-corrected chi connectivity index (χ2v) is 7.63. The predicted octanol–water partition coefficient (Wildman–Crippen LogP) is 8.02. The first kappa shape index (κ1) is 19.9. The minimum absolute atomic E-state index is 0.398. The van der Waals surface area contributed by atoms with Crippen LogP contribution in [0.1, 0.15) is 42.9 Å². The van der Waals surface area contributed by atoms with Crippen LogP contribution in [0.4, 0.5) is 0 Å². The van der Waals surface area contributed by atoms with Gasteiger partial charge in [0.25, 0.3) is 0 Å². The lowest BCUT2D eigenvalue weighted by Gasteiger charge is -2.23. The molecule has 0 spiro atoms. The molecule has 0 amide bonds. The van der Waals surface area contributed by atoms with Crippen LogP contribution >= 0.6 is 0 Å². The molecule has 0 heteroatoms. The van der Waals surface area contributed by atoms with Gasteiger partial charge in [-0.25, -0.2) is 0 Å². The van der Waals surface area contributed by atoms with Crippen molar-refractivity contribution >= 4 is 0 Å². The van der Waals surface area contributed by atoms with Gasteiger partial charge in [-0.3, -0.25) is 0 Å². The summed E-state index contributed by atoms with van der Waals surface area (Å²) in [4.78, 5) is 0. The summed E-state index contributed by atoms with van der Waals surface area (Å²) >= 11 is 0. The maximum Gasteiger partial charge on any atom is 0.00620 e. The van der Waals surface area contributed by atoms with E-state index in [4.69, 9.17) is 0 Å². The van der Waals surface area contributed by atoms with E-state index >= 15 is 0 Å². The predicted molar refractivity (Wildman–Crippen MR) is 124 cm³/mol. The molecule has 2 aromatic carbocycles. The number of allylic oxidation sites excluding steroid dienone is 9. The van der Waals surface area contributed by atoms with Crippen molar-refractivity contribution in [2.24, 2.45) is 0 Å². The van der Waals surface area contributed by atoms with Gasteiger partial charge >= 0.3 is 0 Å². The number of benzene rings is 2. The smallest absolute Gasteiger partial charge is 0.00620 e. The standard InChI is InChI=1S/C28H30/c1-6-7-8-11-21(3)28-19-25(15-14-22(28)4)24-16-17-27(23(5)18-24)26-13-10-9-12-20(26)2/h6-18,25H,3,19H2,1-2,4-5H3/b7-6-,11-8-. The van der Waals surface area contributed by atoms with Crippen molar-refractivity contribution in [3.05, 3.63) is 119 Å². The Hall–Kier alpha value is -2.86. The number of hydrogen-bond acceptors (Lipinski definition) is 0. The molecule has 142 valence electrons. The van der Waals surface area contributed by atoms with Crippen LogP contribution in [0.25, 0.3) is 11.1 Å². The highest BCUT2D eigenvalue weighted by molar-refractivity contribution is 5.71. The molecule has 1 aliphatic rings. The monoisotopic (exact) mass is 366 g/mol. The van der Waals surface area contributed by atoms with Crippen molar-refractivity contribution in [2.45, 2.75) is 40.0 Å². The van der Waals surface area contributed by atoms with Crippen molar-refractivity contribution in [3.8, 4) is 11.1 Å².